The van der Waals surface area contributed by atoms with E-state index in [4.69, 9.17) is 7.85 Å². The lowest BCUT2D eigenvalue weighted by atomic mass is 9.91. The summed E-state index contributed by atoms with van der Waals surface area (Å²) in [4.78, 5) is 6.77. The van der Waals surface area contributed by atoms with Gasteiger partial charge in [0.1, 0.15) is 19.2 Å². The zero-order valence-corrected chi connectivity index (χ0v) is 21.4. The van der Waals surface area contributed by atoms with Gasteiger partial charge in [0, 0.05) is 25.9 Å². The minimum absolute atomic E-state index is 0.0534. The van der Waals surface area contributed by atoms with Crippen LogP contribution in [0.15, 0.2) is 42.6 Å². The minimum Gasteiger partial charge on any atom is -0.370 e. The zero-order valence-electron chi connectivity index (χ0n) is 21.4. The molecule has 0 amide bonds. The maximum atomic E-state index is 14.8. The molecule has 1 saturated heterocycles. The molecule has 0 unspecified atom stereocenters. The molecule has 2 aromatic heterocycles. The maximum Gasteiger partial charge on any atom is 0.251 e. The van der Waals surface area contributed by atoms with E-state index in [0.717, 1.165) is 24.5 Å². The van der Waals surface area contributed by atoms with Crippen molar-refractivity contribution in [2.24, 2.45) is 5.41 Å². The monoisotopic (exact) mass is 505 g/mol. The van der Waals surface area contributed by atoms with Crippen LogP contribution in [-0.4, -0.2) is 46.8 Å². The third kappa shape index (κ3) is 5.31. The Morgan fingerprint density at radius 3 is 2.35 bits per heavy atom. The first-order chi connectivity index (χ1) is 17.8. The van der Waals surface area contributed by atoms with Crippen molar-refractivity contribution in [3.63, 3.8) is 0 Å². The van der Waals surface area contributed by atoms with Gasteiger partial charge in [-0.3, -0.25) is 0 Å². The van der Waals surface area contributed by atoms with Crippen molar-refractivity contribution in [3.8, 4) is 17.1 Å². The summed E-state index contributed by atoms with van der Waals surface area (Å²) >= 11 is 0. The first kappa shape index (κ1) is 25.6. The predicted octanol–water partition coefficient (Wildman–Crippen LogP) is 5.87. The summed E-state index contributed by atoms with van der Waals surface area (Å²) < 4.78 is 43.5. The van der Waals surface area contributed by atoms with Crippen LogP contribution in [0.25, 0.3) is 22.6 Å². The largest absolute Gasteiger partial charge is 0.370 e. The number of hydrogen-bond donors (Lipinski definition) is 0. The Morgan fingerprint density at radius 2 is 1.68 bits per heavy atom. The van der Waals surface area contributed by atoms with Gasteiger partial charge in [0.15, 0.2) is 5.82 Å². The lowest BCUT2D eigenvalue weighted by Crippen LogP contribution is -2.35. The van der Waals surface area contributed by atoms with Crippen LogP contribution in [0.1, 0.15) is 64.5 Å². The highest BCUT2D eigenvalue weighted by atomic mass is 19.3. The second-order valence-corrected chi connectivity index (χ2v) is 10.1. The summed E-state index contributed by atoms with van der Waals surface area (Å²) in [6, 6.07) is 8.50. The Labute approximate surface area is 217 Å². The van der Waals surface area contributed by atoms with Crippen LogP contribution in [0.4, 0.5) is 18.9 Å². The van der Waals surface area contributed by atoms with Crippen molar-refractivity contribution in [3.05, 3.63) is 54.1 Å². The molecule has 3 aliphatic rings. The minimum atomic E-state index is -2.70. The number of benzene rings is 1. The number of allylic oxidation sites excluding steroid dienone is 2. The van der Waals surface area contributed by atoms with Crippen LogP contribution in [0.3, 0.4) is 0 Å². The molecule has 3 heterocycles. The van der Waals surface area contributed by atoms with Gasteiger partial charge in [-0.15, -0.1) is 5.10 Å². The molecule has 5 nitrogen and oxygen atoms in total. The van der Waals surface area contributed by atoms with Crippen LogP contribution in [0.5, 0.6) is 0 Å². The fourth-order valence-electron chi connectivity index (χ4n) is 5.20. The van der Waals surface area contributed by atoms with E-state index in [1.54, 1.807) is 10.9 Å². The van der Waals surface area contributed by atoms with Crippen LogP contribution in [-0.2, 0) is 0 Å². The highest BCUT2D eigenvalue weighted by molar-refractivity contribution is 6.32. The van der Waals surface area contributed by atoms with Gasteiger partial charge in [-0.1, -0.05) is 36.7 Å². The number of anilines is 1. The van der Waals surface area contributed by atoms with Gasteiger partial charge in [0.25, 0.3) is 5.92 Å². The molecule has 3 aromatic rings. The normalized spacial score (nSPS) is 19.7. The highest BCUT2D eigenvalue weighted by Crippen LogP contribution is 2.54. The van der Waals surface area contributed by atoms with Crippen molar-refractivity contribution in [2.45, 2.75) is 64.7 Å². The Kier molecular flexibility index (Phi) is 6.90. The van der Waals surface area contributed by atoms with E-state index in [1.165, 1.54) is 43.9 Å². The highest BCUT2D eigenvalue weighted by Gasteiger charge is 2.44. The van der Waals surface area contributed by atoms with Crippen molar-refractivity contribution in [1.29, 1.82) is 0 Å². The number of pyridine rings is 1. The van der Waals surface area contributed by atoms with E-state index in [9.17, 15) is 13.2 Å². The van der Waals surface area contributed by atoms with E-state index in [1.807, 2.05) is 32.0 Å². The molecule has 0 N–H and O–H groups in total. The molecular weight excluding hydrogens is 474 g/mol. The van der Waals surface area contributed by atoms with Gasteiger partial charge in [0.05, 0.1) is 23.3 Å². The third-order valence-electron chi connectivity index (χ3n) is 7.69. The molecule has 6 rings (SSSR count). The van der Waals surface area contributed by atoms with E-state index in [-0.39, 0.29) is 30.7 Å². The molecule has 0 atom stereocenters. The Hall–Kier alpha value is -3.10. The first-order valence-corrected chi connectivity index (χ1v) is 13.1. The number of hydrogen-bond acceptors (Lipinski definition) is 4. The second-order valence-electron chi connectivity index (χ2n) is 10.1. The number of aromatic nitrogens is 4. The summed E-state index contributed by atoms with van der Waals surface area (Å²) in [5, 5.41) is 8.47. The number of piperidine rings is 1. The summed E-state index contributed by atoms with van der Waals surface area (Å²) in [6.07, 6.45) is 7.79. The fraction of sp³-hybridized carbons (Fsp3) is 0.464. The van der Waals surface area contributed by atoms with Crippen LogP contribution in [0.2, 0.25) is 0 Å². The average molecular weight is 505 g/mol. The molecular formula is C28H31BF3N5. The molecule has 2 fully saturated rings. The second kappa shape index (κ2) is 9.99. The molecule has 1 spiro atoms. The van der Waals surface area contributed by atoms with E-state index >= 15 is 0 Å². The number of alkyl halides is 2. The molecule has 1 aliphatic heterocycles. The van der Waals surface area contributed by atoms with Gasteiger partial charge >= 0.3 is 0 Å². The van der Waals surface area contributed by atoms with Crippen molar-refractivity contribution < 1.29 is 13.2 Å². The van der Waals surface area contributed by atoms with Gasteiger partial charge in [-0.05, 0) is 67.4 Å². The van der Waals surface area contributed by atoms with Gasteiger partial charge in [-0.2, -0.15) is 0 Å². The molecule has 0 bridgehead atoms. The van der Waals surface area contributed by atoms with Crippen molar-refractivity contribution >= 4 is 24.6 Å². The van der Waals surface area contributed by atoms with E-state index < -0.39 is 11.7 Å². The van der Waals surface area contributed by atoms with Gasteiger partial charge in [0.2, 0.25) is 0 Å². The zero-order chi connectivity index (χ0) is 26.2. The molecule has 37 heavy (non-hydrogen) atoms. The lowest BCUT2D eigenvalue weighted by molar-refractivity contribution is -0.00605. The SMILES string of the molecule is CC.[B]c1ccc(-n2cc(-c3nc(C4=CCC(F)(F)CC4)ccc3F)nn2)c(N2CCC3(CC2)CC3)c1. The van der Waals surface area contributed by atoms with Gasteiger partial charge in [-0.25, -0.2) is 22.8 Å². The Balaban J connectivity index is 0.00000137. The number of halogens is 3. The smallest absolute Gasteiger partial charge is 0.251 e. The molecule has 1 aromatic carbocycles. The Morgan fingerprint density at radius 1 is 0.919 bits per heavy atom. The topological polar surface area (TPSA) is 46.8 Å². The molecule has 2 radical (unpaired) electrons. The Bertz CT molecular complexity index is 1300. The third-order valence-corrected chi connectivity index (χ3v) is 7.69. The van der Waals surface area contributed by atoms with E-state index in [0.29, 0.717) is 22.1 Å². The van der Waals surface area contributed by atoms with Gasteiger partial charge < -0.3 is 4.90 Å². The molecule has 192 valence electrons. The molecule has 2 aliphatic carbocycles. The fourth-order valence-corrected chi connectivity index (χ4v) is 5.20. The number of rotatable bonds is 4. The van der Waals surface area contributed by atoms with Crippen LogP contribution < -0.4 is 10.4 Å². The molecule has 1 saturated carbocycles. The van der Waals surface area contributed by atoms with Crippen molar-refractivity contribution in [2.75, 3.05) is 18.0 Å². The maximum absolute atomic E-state index is 14.8. The summed E-state index contributed by atoms with van der Waals surface area (Å²) in [5.41, 5.74) is 4.54. The predicted molar refractivity (Wildman–Crippen MR) is 141 cm³/mol. The average Bonchev–Trinajstić information content (AvgIpc) is 3.47. The first-order valence-electron chi connectivity index (χ1n) is 13.1. The summed E-state index contributed by atoms with van der Waals surface area (Å²) in [6.45, 7) is 5.93. The standard InChI is InChI=1S/C26H25BF3N5.C2H6/c27-18-1-4-22(23(15-18)34-13-11-25(9-10-25)12-14-34)35-16-21(32-33-35)24-19(28)2-3-20(31-24)17-5-7-26(29,30)8-6-17;1-2/h1-5,15-16H,6-14H2;1-2H3. The lowest BCUT2D eigenvalue weighted by Gasteiger charge is -2.35. The molecule has 9 heteroatoms. The van der Waals surface area contributed by atoms with Crippen LogP contribution in [0, 0.1) is 11.2 Å². The number of nitrogens with zero attached hydrogens (tertiary/aromatic N) is 5. The van der Waals surface area contributed by atoms with E-state index in [2.05, 4.69) is 20.2 Å². The summed E-state index contributed by atoms with van der Waals surface area (Å²) in [5.74, 6) is -3.23. The van der Waals surface area contributed by atoms with Crippen molar-refractivity contribution in [1.82, 2.24) is 20.0 Å². The quantitative estimate of drug-likeness (QED) is 0.416. The van der Waals surface area contributed by atoms with Crippen LogP contribution >= 0.6 is 0 Å². The summed E-state index contributed by atoms with van der Waals surface area (Å²) in [7, 11) is 6.11.